The third-order valence-corrected chi connectivity index (χ3v) is 6.31. The molecule has 33 heavy (non-hydrogen) atoms. The number of ether oxygens (including phenoxy) is 1. The van der Waals surface area contributed by atoms with Gasteiger partial charge in [-0.15, -0.1) is 0 Å². The summed E-state index contributed by atoms with van der Waals surface area (Å²) in [5.74, 6) is 0.802. The molecule has 7 heteroatoms. The Morgan fingerprint density at radius 3 is 2.36 bits per heavy atom. The average Bonchev–Trinajstić information content (AvgIpc) is 3.22. The van der Waals surface area contributed by atoms with Crippen LogP contribution in [0.1, 0.15) is 22.9 Å². The topological polar surface area (TPSA) is 57.4 Å². The van der Waals surface area contributed by atoms with Crippen LogP contribution in [0.4, 0.5) is 5.69 Å². The zero-order chi connectivity index (χ0) is 23.4. The molecular weight excluding hydrogens is 457 g/mol. The van der Waals surface area contributed by atoms with Crippen molar-refractivity contribution in [3.63, 3.8) is 0 Å². The summed E-state index contributed by atoms with van der Waals surface area (Å²) in [6, 6.07) is 21.2. The fourth-order valence-electron chi connectivity index (χ4n) is 4.15. The predicted octanol–water partition coefficient (Wildman–Crippen LogP) is 6.32. The number of fused-ring (bicyclic) bond motifs is 3. The van der Waals surface area contributed by atoms with Crippen LogP contribution in [0.15, 0.2) is 66.7 Å². The van der Waals surface area contributed by atoms with E-state index in [0.717, 1.165) is 56.5 Å². The lowest BCUT2D eigenvalue weighted by Crippen LogP contribution is -2.34. The van der Waals surface area contributed by atoms with Gasteiger partial charge < -0.3 is 19.9 Å². The number of H-pyrrole nitrogens is 1. The lowest BCUT2D eigenvalue weighted by Gasteiger charge is -2.33. The van der Waals surface area contributed by atoms with E-state index in [4.69, 9.17) is 27.9 Å². The van der Waals surface area contributed by atoms with Gasteiger partial charge >= 0.3 is 0 Å². The van der Waals surface area contributed by atoms with Crippen LogP contribution in [0.25, 0.3) is 10.9 Å². The van der Waals surface area contributed by atoms with Crippen molar-refractivity contribution in [2.75, 3.05) is 26.0 Å². The maximum absolute atomic E-state index is 11.6. The zero-order valence-electron chi connectivity index (χ0n) is 18.4. The molecule has 1 aliphatic heterocycles. The van der Waals surface area contributed by atoms with Crippen LogP contribution >= 0.6 is 23.2 Å². The molecule has 0 fully saturated rings. The standard InChI is InChI=1S/C19H17ClN2O2.C7H8ClN/c1-24-14-5-2-12(3-6-14)19-18-15(8-9-22(19)11-23)16-10-13(20)4-7-17(16)21-18;1-9-7-4-2-6(8)3-5-7/h2-7,10-11,19,21H,8-9H2,1H3;2-5,9H,1H3. The smallest absolute Gasteiger partial charge is 0.210 e. The molecule has 1 atom stereocenters. The van der Waals surface area contributed by atoms with E-state index in [1.54, 1.807) is 7.11 Å². The van der Waals surface area contributed by atoms with Crippen LogP contribution < -0.4 is 10.1 Å². The van der Waals surface area contributed by atoms with Gasteiger partial charge in [0.05, 0.1) is 13.2 Å². The zero-order valence-corrected chi connectivity index (χ0v) is 20.0. The molecule has 3 aromatic carbocycles. The SMILES string of the molecule is CNc1ccc(Cl)cc1.COc1ccc(C2c3[nH]c4ccc(Cl)cc4c3CCN2C=O)cc1. The van der Waals surface area contributed by atoms with E-state index in [1.165, 1.54) is 5.56 Å². The third-order valence-electron chi connectivity index (χ3n) is 5.83. The van der Waals surface area contributed by atoms with Gasteiger partial charge in [-0.25, -0.2) is 0 Å². The summed E-state index contributed by atoms with van der Waals surface area (Å²) in [6.07, 6.45) is 1.75. The van der Waals surface area contributed by atoms with Crippen LogP contribution in [0.3, 0.4) is 0 Å². The Labute approximate surface area is 203 Å². The molecule has 0 saturated heterocycles. The Morgan fingerprint density at radius 1 is 1.03 bits per heavy atom. The van der Waals surface area contributed by atoms with Crippen molar-refractivity contribution < 1.29 is 9.53 Å². The minimum atomic E-state index is -0.122. The Morgan fingerprint density at radius 2 is 1.73 bits per heavy atom. The summed E-state index contributed by atoms with van der Waals surface area (Å²) in [5.41, 5.74) is 5.50. The summed E-state index contributed by atoms with van der Waals surface area (Å²) < 4.78 is 5.23. The highest BCUT2D eigenvalue weighted by molar-refractivity contribution is 6.31. The van der Waals surface area contributed by atoms with E-state index in [2.05, 4.69) is 10.3 Å². The van der Waals surface area contributed by atoms with Crippen LogP contribution in [-0.2, 0) is 11.2 Å². The average molecular weight is 482 g/mol. The highest BCUT2D eigenvalue weighted by atomic mass is 35.5. The summed E-state index contributed by atoms with van der Waals surface area (Å²) in [7, 11) is 3.52. The first-order valence-electron chi connectivity index (χ1n) is 10.6. The van der Waals surface area contributed by atoms with Gasteiger partial charge in [-0.05, 0) is 72.1 Å². The Bertz CT molecular complexity index is 1240. The van der Waals surface area contributed by atoms with E-state index in [0.29, 0.717) is 6.54 Å². The third kappa shape index (κ3) is 4.95. The maximum atomic E-state index is 11.6. The van der Waals surface area contributed by atoms with E-state index in [1.807, 2.05) is 78.7 Å². The predicted molar refractivity (Wildman–Crippen MR) is 136 cm³/mol. The number of carbonyl (C=O) groups excluding carboxylic acids is 1. The highest BCUT2D eigenvalue weighted by Crippen LogP contribution is 2.38. The number of nitrogens with one attached hydrogen (secondary N) is 2. The molecular formula is C26H25Cl2N3O2. The first kappa shape index (κ1) is 23.0. The number of rotatable bonds is 4. The van der Waals surface area contributed by atoms with Crippen molar-refractivity contribution in [3.05, 3.63) is 93.6 Å². The molecule has 170 valence electrons. The van der Waals surface area contributed by atoms with E-state index in [9.17, 15) is 4.79 Å². The van der Waals surface area contributed by atoms with Crippen LogP contribution in [0, 0.1) is 0 Å². The summed E-state index contributed by atoms with van der Waals surface area (Å²) in [4.78, 5) is 16.9. The van der Waals surface area contributed by atoms with Gasteiger partial charge in [0.15, 0.2) is 0 Å². The number of benzene rings is 3. The molecule has 0 radical (unpaired) electrons. The molecule has 1 aliphatic rings. The normalized spacial score (nSPS) is 14.8. The van der Waals surface area contributed by atoms with E-state index >= 15 is 0 Å². The number of anilines is 1. The number of aromatic amines is 1. The summed E-state index contributed by atoms with van der Waals surface area (Å²) >= 11 is 11.8. The van der Waals surface area contributed by atoms with Gasteiger partial charge in [0.1, 0.15) is 5.75 Å². The molecule has 1 amide bonds. The monoisotopic (exact) mass is 481 g/mol. The fourth-order valence-corrected chi connectivity index (χ4v) is 4.45. The minimum Gasteiger partial charge on any atom is -0.497 e. The molecule has 2 heterocycles. The number of methoxy groups -OCH3 is 1. The number of amides is 1. The molecule has 1 unspecified atom stereocenters. The molecule has 2 N–H and O–H groups in total. The molecule has 0 saturated carbocycles. The molecule has 0 aliphatic carbocycles. The number of nitrogens with zero attached hydrogens (tertiary/aromatic N) is 1. The van der Waals surface area contributed by atoms with Crippen LogP contribution in [0.5, 0.6) is 5.75 Å². The number of halogens is 2. The first-order valence-corrected chi connectivity index (χ1v) is 11.4. The molecule has 5 rings (SSSR count). The van der Waals surface area contributed by atoms with Crippen molar-refractivity contribution in [1.29, 1.82) is 0 Å². The largest absolute Gasteiger partial charge is 0.497 e. The second kappa shape index (κ2) is 10.2. The lowest BCUT2D eigenvalue weighted by atomic mass is 9.93. The van der Waals surface area contributed by atoms with E-state index < -0.39 is 0 Å². The van der Waals surface area contributed by atoms with Gasteiger partial charge in [-0.1, -0.05) is 35.3 Å². The van der Waals surface area contributed by atoms with Gasteiger partial charge in [0.2, 0.25) is 6.41 Å². The Hall–Kier alpha value is -3.15. The number of hydrogen-bond acceptors (Lipinski definition) is 3. The second-order valence-electron chi connectivity index (χ2n) is 7.73. The van der Waals surface area contributed by atoms with Gasteiger partial charge in [-0.2, -0.15) is 0 Å². The van der Waals surface area contributed by atoms with Crippen molar-refractivity contribution >= 4 is 46.2 Å². The van der Waals surface area contributed by atoms with Gasteiger partial charge in [0, 0.05) is 45.9 Å². The first-order chi connectivity index (χ1) is 16.0. The molecule has 0 spiro atoms. The van der Waals surface area contributed by atoms with Crippen molar-refractivity contribution in [3.8, 4) is 5.75 Å². The van der Waals surface area contributed by atoms with E-state index in [-0.39, 0.29) is 6.04 Å². The van der Waals surface area contributed by atoms with Gasteiger partial charge in [-0.3, -0.25) is 4.79 Å². The minimum absolute atomic E-state index is 0.122. The van der Waals surface area contributed by atoms with Crippen molar-refractivity contribution in [1.82, 2.24) is 9.88 Å². The van der Waals surface area contributed by atoms with Crippen molar-refractivity contribution in [2.45, 2.75) is 12.5 Å². The summed E-state index contributed by atoms with van der Waals surface area (Å²) in [5, 5.41) is 5.63. The second-order valence-corrected chi connectivity index (χ2v) is 8.61. The number of hydrogen-bond donors (Lipinski definition) is 2. The summed E-state index contributed by atoms with van der Waals surface area (Å²) in [6.45, 7) is 0.687. The molecule has 0 bridgehead atoms. The maximum Gasteiger partial charge on any atom is 0.210 e. The number of aromatic nitrogens is 1. The van der Waals surface area contributed by atoms with Crippen LogP contribution in [0.2, 0.25) is 10.0 Å². The molecule has 5 nitrogen and oxygen atoms in total. The van der Waals surface area contributed by atoms with Crippen LogP contribution in [-0.4, -0.2) is 37.0 Å². The Kier molecular flexibility index (Phi) is 7.11. The fraction of sp³-hybridized carbons (Fsp3) is 0.192. The molecule has 1 aromatic heterocycles. The quantitative estimate of drug-likeness (QED) is 0.335. The lowest BCUT2D eigenvalue weighted by molar-refractivity contribution is -0.120. The molecule has 4 aromatic rings. The number of carbonyl (C=O) groups is 1. The Balaban J connectivity index is 0.000000243. The van der Waals surface area contributed by atoms with Gasteiger partial charge in [0.25, 0.3) is 0 Å². The highest BCUT2D eigenvalue weighted by Gasteiger charge is 2.30. The van der Waals surface area contributed by atoms with Crippen molar-refractivity contribution in [2.24, 2.45) is 0 Å².